The summed E-state index contributed by atoms with van der Waals surface area (Å²) in [5.74, 6) is -0.637. The normalized spacial score (nSPS) is 11.7. The molecule has 11 heteroatoms. The van der Waals surface area contributed by atoms with E-state index in [1.807, 2.05) is 6.92 Å². The van der Waals surface area contributed by atoms with Crippen LogP contribution in [-0.2, 0) is 10.0 Å². The van der Waals surface area contributed by atoms with E-state index in [-0.39, 0.29) is 41.7 Å². The fraction of sp³-hybridized carbons (Fsp3) is 0.217. The largest absolute Gasteiger partial charge is 0.395 e. The van der Waals surface area contributed by atoms with Crippen molar-refractivity contribution in [2.75, 3.05) is 26.5 Å². The summed E-state index contributed by atoms with van der Waals surface area (Å²) < 4.78 is 39.8. The van der Waals surface area contributed by atoms with Crippen LogP contribution in [0.25, 0.3) is 33.5 Å². The third kappa shape index (κ3) is 4.39. The van der Waals surface area contributed by atoms with Crippen molar-refractivity contribution in [2.24, 2.45) is 0 Å². The van der Waals surface area contributed by atoms with Crippen LogP contribution >= 0.6 is 0 Å². The third-order valence-electron chi connectivity index (χ3n) is 5.29. The van der Waals surface area contributed by atoms with Crippen molar-refractivity contribution < 1.29 is 22.7 Å². The van der Waals surface area contributed by atoms with Gasteiger partial charge in [0.15, 0.2) is 5.82 Å². The fourth-order valence-corrected chi connectivity index (χ4v) is 4.31. The highest BCUT2D eigenvalue weighted by molar-refractivity contribution is 7.89. The minimum Gasteiger partial charge on any atom is -0.395 e. The Hall–Kier alpha value is -3.70. The van der Waals surface area contributed by atoms with E-state index in [2.05, 4.69) is 15.1 Å². The van der Waals surface area contributed by atoms with Crippen molar-refractivity contribution in [3.63, 3.8) is 0 Å². The van der Waals surface area contributed by atoms with Gasteiger partial charge in [-0.05, 0) is 37.3 Å². The van der Waals surface area contributed by atoms with Crippen LogP contribution in [0.3, 0.4) is 0 Å². The van der Waals surface area contributed by atoms with E-state index in [0.29, 0.717) is 16.5 Å². The van der Waals surface area contributed by atoms with Gasteiger partial charge in [-0.2, -0.15) is 9.19 Å². The Kier molecular flexibility index (Phi) is 6.15. The smallest absolute Gasteiger partial charge is 0.253 e. The number of aryl methyl sites for hydroxylation is 1. The van der Waals surface area contributed by atoms with Gasteiger partial charge in [0.2, 0.25) is 0 Å². The first-order valence-corrected chi connectivity index (χ1v) is 12.1. The van der Waals surface area contributed by atoms with Crippen molar-refractivity contribution >= 4 is 26.8 Å². The van der Waals surface area contributed by atoms with Gasteiger partial charge in [0.25, 0.3) is 15.9 Å². The van der Waals surface area contributed by atoms with E-state index < -0.39 is 15.8 Å². The average molecular weight is 484 g/mol. The maximum Gasteiger partial charge on any atom is 0.253 e. The van der Waals surface area contributed by atoms with Crippen LogP contribution in [0.15, 0.2) is 48.8 Å². The van der Waals surface area contributed by atoms with Gasteiger partial charge in [-0.3, -0.25) is 4.79 Å². The molecule has 0 bridgehead atoms. The Bertz CT molecular complexity index is 1500. The van der Waals surface area contributed by atoms with Crippen LogP contribution in [0.5, 0.6) is 0 Å². The van der Waals surface area contributed by atoms with Gasteiger partial charge in [0, 0.05) is 48.1 Å². The molecule has 2 heterocycles. The Morgan fingerprint density at radius 3 is 2.50 bits per heavy atom. The van der Waals surface area contributed by atoms with Crippen LogP contribution in [0.2, 0.25) is 0 Å². The Balaban J connectivity index is 1.84. The van der Waals surface area contributed by atoms with E-state index >= 15 is 0 Å². The van der Waals surface area contributed by atoms with E-state index in [1.54, 1.807) is 19.2 Å². The summed E-state index contributed by atoms with van der Waals surface area (Å²) in [6.45, 7) is 1.80. The number of hydrogen-bond donors (Lipinski definition) is 1. The topological polar surface area (TPSA) is 118 Å². The van der Waals surface area contributed by atoms with Gasteiger partial charge in [-0.1, -0.05) is 11.6 Å². The Morgan fingerprint density at radius 1 is 1.15 bits per heavy atom. The third-order valence-corrected chi connectivity index (χ3v) is 6.19. The molecule has 0 aliphatic rings. The number of rotatable bonds is 6. The highest BCUT2D eigenvalue weighted by Gasteiger charge is 2.22. The molecule has 1 N–H and O–H groups in total. The van der Waals surface area contributed by atoms with Gasteiger partial charge >= 0.3 is 0 Å². The van der Waals surface area contributed by atoms with Crippen LogP contribution in [0.4, 0.5) is 4.39 Å². The minimum atomic E-state index is -3.76. The summed E-state index contributed by atoms with van der Waals surface area (Å²) in [6.07, 6.45) is 3.90. The number of amides is 1. The van der Waals surface area contributed by atoms with Gasteiger partial charge in [0.05, 0.1) is 18.4 Å². The number of aromatic nitrogens is 4. The summed E-state index contributed by atoms with van der Waals surface area (Å²) in [4.78, 5) is 22.7. The molecule has 0 fully saturated rings. The number of carbonyl (C=O) groups excluding carboxylic acids is 1. The molecule has 0 aliphatic carbocycles. The van der Waals surface area contributed by atoms with Gasteiger partial charge < -0.3 is 10.0 Å². The van der Waals surface area contributed by atoms with Crippen LogP contribution in [0, 0.1) is 12.7 Å². The first kappa shape index (κ1) is 23.5. The molecule has 1 amide bonds. The molecule has 176 valence electrons. The number of nitrogens with zero attached hydrogens (tertiary/aromatic N) is 5. The molecule has 0 radical (unpaired) electrons. The number of carbonyl (C=O) groups is 1. The molecular formula is C23H22FN5O4S. The number of benzene rings is 2. The van der Waals surface area contributed by atoms with E-state index in [9.17, 15) is 17.6 Å². The molecule has 0 aliphatic heterocycles. The molecule has 2 aromatic heterocycles. The summed E-state index contributed by atoms with van der Waals surface area (Å²) in [5, 5.41) is 13.7. The molecule has 2 aromatic carbocycles. The molecular weight excluding hydrogens is 461 g/mol. The number of hydrogen-bond acceptors (Lipinski definition) is 7. The summed E-state index contributed by atoms with van der Waals surface area (Å²) in [6, 6.07) is 9.22. The number of aliphatic hydroxyl groups is 1. The van der Waals surface area contributed by atoms with Gasteiger partial charge in [0.1, 0.15) is 11.5 Å². The quantitative estimate of drug-likeness (QED) is 0.448. The molecule has 9 nitrogen and oxygen atoms in total. The number of fused-ring (bicyclic) bond motifs is 1. The first-order valence-electron chi connectivity index (χ1n) is 10.3. The highest BCUT2D eigenvalue weighted by Crippen LogP contribution is 2.29. The average Bonchev–Trinajstić information content (AvgIpc) is 3.20. The molecule has 4 aromatic rings. The molecule has 0 unspecified atom stereocenters. The summed E-state index contributed by atoms with van der Waals surface area (Å²) >= 11 is 0. The SMILES string of the molecule is Cc1ccc(F)c(-c2cnc(-c3nn(S(C)(=O)=O)c4ccc(C(=O)N(C)CCO)cc34)nc2)c1. The van der Waals surface area contributed by atoms with Crippen molar-refractivity contribution in [3.05, 3.63) is 65.7 Å². The van der Waals surface area contributed by atoms with Crippen LogP contribution in [0.1, 0.15) is 15.9 Å². The second-order valence-electron chi connectivity index (χ2n) is 7.92. The lowest BCUT2D eigenvalue weighted by Crippen LogP contribution is -2.29. The molecule has 0 saturated carbocycles. The lowest BCUT2D eigenvalue weighted by atomic mass is 10.1. The standard InChI is InChI=1S/C23H22FN5O4S/c1-14-4-6-19(24)17(10-14)16-12-25-22(26-13-16)21-18-11-15(23(31)28(2)8-9-30)5-7-20(18)29(27-21)34(3,32)33/h4-7,10-13,30H,8-9H2,1-3H3. The molecule has 0 saturated heterocycles. The maximum absolute atomic E-state index is 14.3. The lowest BCUT2D eigenvalue weighted by Gasteiger charge is -2.15. The zero-order chi connectivity index (χ0) is 24.6. The Morgan fingerprint density at radius 2 is 1.85 bits per heavy atom. The van der Waals surface area contributed by atoms with Crippen molar-refractivity contribution in [1.29, 1.82) is 0 Å². The number of aliphatic hydroxyl groups excluding tert-OH is 1. The monoisotopic (exact) mass is 483 g/mol. The molecule has 34 heavy (non-hydrogen) atoms. The number of halogens is 1. The van der Waals surface area contributed by atoms with Gasteiger partial charge in [-0.25, -0.2) is 22.8 Å². The molecule has 0 atom stereocenters. The minimum absolute atomic E-state index is 0.123. The zero-order valence-corrected chi connectivity index (χ0v) is 19.5. The van der Waals surface area contributed by atoms with Crippen molar-refractivity contribution in [2.45, 2.75) is 6.92 Å². The second kappa shape index (κ2) is 8.92. The fourth-order valence-electron chi connectivity index (χ4n) is 3.56. The van der Waals surface area contributed by atoms with E-state index in [1.165, 1.54) is 41.6 Å². The van der Waals surface area contributed by atoms with E-state index in [4.69, 9.17) is 5.11 Å². The predicted octanol–water partition coefficient (Wildman–Crippen LogP) is 2.48. The second-order valence-corrected chi connectivity index (χ2v) is 9.73. The van der Waals surface area contributed by atoms with Gasteiger partial charge in [-0.15, -0.1) is 0 Å². The number of likely N-dealkylation sites (N-methyl/N-ethyl adjacent to an activating group) is 1. The summed E-state index contributed by atoms with van der Waals surface area (Å²) in [5.41, 5.74) is 2.39. The zero-order valence-electron chi connectivity index (χ0n) is 18.7. The van der Waals surface area contributed by atoms with Crippen LogP contribution < -0.4 is 0 Å². The van der Waals surface area contributed by atoms with Crippen LogP contribution in [-0.4, -0.2) is 69.9 Å². The first-order chi connectivity index (χ1) is 16.1. The molecule has 4 rings (SSSR count). The predicted molar refractivity (Wildman–Crippen MR) is 125 cm³/mol. The summed E-state index contributed by atoms with van der Waals surface area (Å²) in [7, 11) is -2.21. The van der Waals surface area contributed by atoms with Crippen molar-refractivity contribution in [3.8, 4) is 22.6 Å². The Labute approximate surface area is 195 Å². The maximum atomic E-state index is 14.3. The van der Waals surface area contributed by atoms with Crippen molar-refractivity contribution in [1.82, 2.24) is 24.1 Å². The van der Waals surface area contributed by atoms with E-state index in [0.717, 1.165) is 15.9 Å². The highest BCUT2D eigenvalue weighted by atomic mass is 32.2. The molecule has 0 spiro atoms. The lowest BCUT2D eigenvalue weighted by molar-refractivity contribution is 0.0767.